The van der Waals surface area contributed by atoms with Gasteiger partial charge >= 0.3 is 0 Å². The zero-order valence-corrected chi connectivity index (χ0v) is 70.6. The second-order valence-electron chi connectivity index (χ2n) is 30.3. The predicted molar refractivity (Wildman–Crippen MR) is 432 cm³/mol. The average molecular weight is 1710 g/mol. The van der Waals surface area contributed by atoms with Gasteiger partial charge in [0.05, 0.1) is 101 Å². The lowest BCUT2D eigenvalue weighted by Crippen LogP contribution is -2.36. The second-order valence-corrected chi connectivity index (χ2v) is 30.3. The van der Waals surface area contributed by atoms with E-state index in [1.165, 1.54) is 0 Å². The number of nitrogens with zero attached hydrogens (tertiary/aromatic N) is 24. The van der Waals surface area contributed by atoms with Crippen LogP contribution >= 0.6 is 0 Å². The highest BCUT2D eigenvalue weighted by atomic mass is 16.8. The Labute approximate surface area is 695 Å². The van der Waals surface area contributed by atoms with Crippen molar-refractivity contribution < 1.29 is 117 Å². The fourth-order valence-corrected chi connectivity index (χ4v) is 12.2. The van der Waals surface area contributed by atoms with Gasteiger partial charge in [0, 0.05) is 39.3 Å². The fourth-order valence-electron chi connectivity index (χ4n) is 12.2. The van der Waals surface area contributed by atoms with Gasteiger partial charge in [-0.2, -0.15) is 0 Å². The van der Waals surface area contributed by atoms with E-state index in [0.29, 0.717) is 0 Å². The van der Waals surface area contributed by atoms with Crippen LogP contribution in [0.4, 0.5) is 0 Å². The Morgan fingerprint density at radius 2 is 0.292 bits per heavy atom. The van der Waals surface area contributed by atoms with E-state index in [9.17, 15) is 40.9 Å². The molecule has 0 aliphatic carbocycles. The summed E-state index contributed by atoms with van der Waals surface area (Å²) in [5.41, 5.74) is 65.1. The van der Waals surface area contributed by atoms with Crippen LogP contribution in [0.1, 0.15) is 111 Å². The first-order valence-electron chi connectivity index (χ1n) is 37.4. The minimum atomic E-state index is -0.884. The van der Waals surface area contributed by atoms with Crippen molar-refractivity contribution in [2.24, 2.45) is 40.9 Å². The molecule has 0 radical (unpaired) electrons. The molecule has 672 valence electrons. The van der Waals surface area contributed by atoms with Gasteiger partial charge in [-0.25, -0.2) is 0 Å². The summed E-state index contributed by atoms with van der Waals surface area (Å²) in [5.74, 6) is -5.99. The Hall–Kier alpha value is -8.56. The van der Waals surface area contributed by atoms with Crippen molar-refractivity contribution in [3.63, 3.8) is 0 Å². The van der Waals surface area contributed by atoms with Crippen LogP contribution in [-0.4, -0.2) is 286 Å². The molecular weight excluding hydrogens is 1580 g/mol. The molecule has 8 N–H and O–H groups in total. The predicted octanol–water partition coefficient (Wildman–Crippen LogP) is 10.9. The number of azide groups is 8. The van der Waals surface area contributed by atoms with Gasteiger partial charge in [0.15, 0.2) is 46.3 Å². The summed E-state index contributed by atoms with van der Waals surface area (Å²) in [6.07, 6.45) is -1.92. The van der Waals surface area contributed by atoms with Crippen molar-refractivity contribution >= 4 is 0 Å². The van der Waals surface area contributed by atoms with Crippen LogP contribution in [0.2, 0.25) is 0 Å². The first-order valence-corrected chi connectivity index (χ1v) is 37.4. The smallest absolute Gasteiger partial charge is 0.164 e. The molecule has 0 unspecified atom stereocenters. The molecule has 8 saturated heterocycles. The Morgan fingerprint density at radius 1 is 0.208 bits per heavy atom. The van der Waals surface area contributed by atoms with Crippen molar-refractivity contribution in [2.45, 2.75) is 304 Å². The lowest BCUT2D eigenvalue weighted by atomic mass is 10.1. The van der Waals surface area contributed by atoms with E-state index in [-0.39, 0.29) is 101 Å². The molecule has 8 heterocycles. The maximum Gasteiger partial charge on any atom is 0.164 e. The van der Waals surface area contributed by atoms with Gasteiger partial charge in [-0.3, -0.25) is 0 Å². The molecule has 0 aromatic carbocycles. The van der Waals surface area contributed by atoms with Crippen molar-refractivity contribution in [1.29, 1.82) is 0 Å². The first kappa shape index (κ1) is 109. The lowest BCUT2D eigenvalue weighted by Gasteiger charge is -2.19. The van der Waals surface area contributed by atoms with E-state index in [1.807, 2.05) is 0 Å². The number of ether oxygens (including phenoxy) is 16. The molecule has 0 amide bonds. The molecule has 0 aromatic rings. The van der Waals surface area contributed by atoms with E-state index in [4.69, 9.17) is 120 Å². The monoisotopic (exact) mass is 1700 g/mol. The zero-order chi connectivity index (χ0) is 91.8. The maximum atomic E-state index is 9.70. The van der Waals surface area contributed by atoms with E-state index in [0.717, 1.165) is 0 Å². The van der Waals surface area contributed by atoms with E-state index in [1.54, 1.807) is 159 Å². The van der Waals surface area contributed by atoms with Crippen LogP contribution in [0.5, 0.6) is 0 Å². The summed E-state index contributed by atoms with van der Waals surface area (Å²) in [4.78, 5) is 20.6. The van der Waals surface area contributed by atoms with Gasteiger partial charge in [0.25, 0.3) is 0 Å². The molecule has 48 heteroatoms. The quantitative estimate of drug-likeness (QED) is 0.0134. The molecule has 0 aromatic heterocycles. The Kier molecular flexibility index (Phi) is 47.5. The van der Waals surface area contributed by atoms with Crippen LogP contribution in [-0.2, 0) is 75.8 Å². The van der Waals surface area contributed by atoms with Gasteiger partial charge < -0.3 is 117 Å². The lowest BCUT2D eigenvalue weighted by molar-refractivity contribution is -0.153. The SMILES string of the molecule is C=C[C@@H]1OC(C)(C)O[C@@H]1[C@@H](O)CN=[N+]=[N-].C=C[C@@H]1OC(C)(C)O[C@@H]1[C@H](O)CN=[N+]=[N-].C=C[C@@H]1OC(C)(C)O[C@H]1[C@@H](O)CN=[N+]=[N-].C=C[C@@H]1OC(C)(C)O[C@H]1[C@H](O)CN=[N+]=[N-].C=C[C@H]1OC(C)(C)O[C@@H]1[C@@H](O)CN=[N+]=[N-].C=C[C@H]1OC(C)(C)O[C@@H]1[C@H](O)CN=[N+]=[N-].C=C[C@H]1OC(C)(C)O[C@H]1[C@@H](O)CN=[N+]=[N-].C=C[C@H]1OC(C)(C)O[C@H]1[C@H](O)CN=[N+]=[N-]. The highest BCUT2D eigenvalue weighted by Gasteiger charge is 2.50. The summed E-state index contributed by atoms with van der Waals surface area (Å²) in [6, 6.07) is 0. The minimum Gasteiger partial charge on any atom is -0.390 e. The molecular formula is C72H120N24O24. The van der Waals surface area contributed by atoms with Crippen LogP contribution in [0, 0.1) is 0 Å². The normalized spacial score (nSPS) is 30.6. The molecule has 8 fully saturated rings. The van der Waals surface area contributed by atoms with Gasteiger partial charge in [-0.05, 0) is 155 Å². The Morgan fingerprint density at radius 3 is 0.358 bits per heavy atom. The van der Waals surface area contributed by atoms with E-state index < -0.39 is 144 Å². The molecule has 0 saturated carbocycles. The highest BCUT2D eigenvalue weighted by molar-refractivity contribution is 5.04. The molecule has 0 spiro atoms. The number of hydrogen-bond acceptors (Lipinski definition) is 32. The molecule has 48 nitrogen and oxygen atoms in total. The Balaban J connectivity index is 0.000000686. The molecule has 8 aliphatic heterocycles. The highest BCUT2D eigenvalue weighted by Crippen LogP contribution is 2.38. The summed E-state index contributed by atoms with van der Waals surface area (Å²) in [5, 5.41) is 104. The van der Waals surface area contributed by atoms with Gasteiger partial charge in [0.2, 0.25) is 0 Å². The number of aliphatic hydroxyl groups excluding tert-OH is 8. The molecule has 8 aliphatic rings. The second kappa shape index (κ2) is 52.0. The van der Waals surface area contributed by atoms with Crippen molar-refractivity contribution in [2.75, 3.05) is 52.4 Å². The van der Waals surface area contributed by atoms with E-state index >= 15 is 0 Å². The van der Waals surface area contributed by atoms with Crippen LogP contribution in [0.25, 0.3) is 83.5 Å². The molecule has 0 bridgehead atoms. The third kappa shape index (κ3) is 38.2. The number of aliphatic hydroxyl groups is 8. The van der Waals surface area contributed by atoms with Crippen molar-refractivity contribution in [3.05, 3.63) is 185 Å². The number of rotatable bonds is 32. The largest absolute Gasteiger partial charge is 0.390 e. The average Bonchev–Trinajstić information content (AvgIpc) is 1.75. The van der Waals surface area contributed by atoms with Gasteiger partial charge in [-0.1, -0.05) is 89.5 Å². The summed E-state index contributed by atoms with van der Waals surface area (Å²) in [7, 11) is 0. The van der Waals surface area contributed by atoms with Crippen LogP contribution in [0.15, 0.2) is 142 Å². The zero-order valence-electron chi connectivity index (χ0n) is 70.6. The first-order chi connectivity index (χ1) is 56.0. The third-order valence-corrected chi connectivity index (χ3v) is 16.9. The fraction of sp³-hybridized carbons (Fsp3) is 0.778. The van der Waals surface area contributed by atoms with Crippen molar-refractivity contribution in [3.8, 4) is 0 Å². The summed E-state index contributed by atoms with van der Waals surface area (Å²) >= 11 is 0. The standard InChI is InChI=1S/8C9H15N3O3/c8*1-4-7-8(6(13)5-11-12-10)15-9(2,3)14-7/h8*4,6-8,13H,1,5H2,2-3H3/t2*6-,7+,8+;2*6-,7+,8-;2*6-,7-,8+;2*6-,7-,8-/m10101010/s1. The van der Waals surface area contributed by atoms with Gasteiger partial charge in [0.1, 0.15) is 97.7 Å². The number of hydrogen-bond donors (Lipinski definition) is 8. The Bertz CT molecular complexity index is 2990. The molecule has 120 heavy (non-hydrogen) atoms. The third-order valence-electron chi connectivity index (χ3n) is 16.9. The topological polar surface area (TPSA) is 700 Å². The van der Waals surface area contributed by atoms with E-state index in [2.05, 4.69) is 133 Å². The minimum absolute atomic E-state index is 0.0368. The molecule has 8 rings (SSSR count). The van der Waals surface area contributed by atoms with Crippen LogP contribution in [0.3, 0.4) is 0 Å². The van der Waals surface area contributed by atoms with Gasteiger partial charge in [-0.15, -0.1) is 52.6 Å². The van der Waals surface area contributed by atoms with Crippen molar-refractivity contribution in [1.82, 2.24) is 0 Å². The van der Waals surface area contributed by atoms with Crippen LogP contribution < -0.4 is 0 Å². The maximum absolute atomic E-state index is 9.70. The molecule has 24 atom stereocenters. The summed E-state index contributed by atoms with van der Waals surface area (Å²) in [6.45, 7) is 56.6. The summed E-state index contributed by atoms with van der Waals surface area (Å²) < 4.78 is 87.7.